The maximum absolute atomic E-state index is 13.0. The molecule has 1 atom stereocenters. The van der Waals surface area contributed by atoms with Crippen molar-refractivity contribution < 1.29 is 9.21 Å². The zero-order chi connectivity index (χ0) is 19.7. The minimum absolute atomic E-state index is 0.0166. The Balaban J connectivity index is 1.63. The third-order valence-electron chi connectivity index (χ3n) is 4.69. The molecule has 28 heavy (non-hydrogen) atoms. The Hall–Kier alpha value is -3.00. The minimum Gasteiger partial charge on any atom is -0.467 e. The normalized spacial score (nSPS) is 16.4. The largest absolute Gasteiger partial charge is 0.467 e. The van der Waals surface area contributed by atoms with Crippen molar-refractivity contribution in [2.75, 3.05) is 0 Å². The molecule has 144 valence electrons. The van der Waals surface area contributed by atoms with Gasteiger partial charge in [-0.3, -0.25) is 10.2 Å². The number of benzene rings is 1. The van der Waals surface area contributed by atoms with Gasteiger partial charge in [0.2, 0.25) is 4.80 Å². The summed E-state index contributed by atoms with van der Waals surface area (Å²) in [5.41, 5.74) is 3.01. The molecule has 1 aromatic carbocycles. The first-order valence-corrected chi connectivity index (χ1v) is 9.98. The molecular weight excluding hydrogens is 374 g/mol. The van der Waals surface area contributed by atoms with Crippen molar-refractivity contribution in [2.45, 2.75) is 39.3 Å². The van der Waals surface area contributed by atoms with Crippen LogP contribution in [0.1, 0.15) is 41.3 Å². The third kappa shape index (κ3) is 3.55. The van der Waals surface area contributed by atoms with E-state index >= 15 is 0 Å². The van der Waals surface area contributed by atoms with Gasteiger partial charge >= 0.3 is 0 Å². The Morgan fingerprint density at radius 2 is 2.11 bits per heavy atom. The molecule has 0 saturated carbocycles. The van der Waals surface area contributed by atoms with Crippen LogP contribution in [0.5, 0.6) is 0 Å². The van der Waals surface area contributed by atoms with E-state index in [1.54, 1.807) is 6.26 Å². The van der Waals surface area contributed by atoms with E-state index in [-0.39, 0.29) is 23.3 Å². The third-order valence-corrected chi connectivity index (χ3v) is 5.70. The molecule has 0 fully saturated rings. The smallest absolute Gasteiger partial charge is 0.265 e. The van der Waals surface area contributed by atoms with Crippen LogP contribution >= 0.6 is 11.3 Å². The molecule has 3 aromatic rings. The summed E-state index contributed by atoms with van der Waals surface area (Å²) < 4.78 is 7.01. The Kier molecular flexibility index (Phi) is 4.95. The average molecular weight is 395 g/mol. The molecule has 4 rings (SSSR count). The highest BCUT2D eigenvalue weighted by molar-refractivity contribution is 7.08. The number of hydrogen-bond donors (Lipinski definition) is 1. The maximum atomic E-state index is 13.0. The first-order valence-electron chi connectivity index (χ1n) is 9.16. The van der Waals surface area contributed by atoms with Crippen LogP contribution in [0.25, 0.3) is 0 Å². The maximum Gasteiger partial charge on any atom is 0.265 e. The number of furan rings is 1. The van der Waals surface area contributed by atoms with Crippen LogP contribution in [-0.4, -0.2) is 26.4 Å². The number of rotatable bonds is 5. The summed E-state index contributed by atoms with van der Waals surface area (Å²) in [7, 11) is 0. The van der Waals surface area contributed by atoms with Gasteiger partial charge in [0.25, 0.3) is 5.91 Å². The van der Waals surface area contributed by atoms with Crippen molar-refractivity contribution in [3.63, 3.8) is 0 Å². The molecule has 8 heteroatoms. The molecule has 0 spiro atoms. The lowest BCUT2D eigenvalue weighted by Gasteiger charge is -2.19. The topological polar surface area (TPSA) is 87.5 Å². The van der Waals surface area contributed by atoms with Crippen molar-refractivity contribution in [2.24, 2.45) is 5.10 Å². The van der Waals surface area contributed by atoms with Gasteiger partial charge in [-0.25, -0.2) is 9.69 Å². The van der Waals surface area contributed by atoms with Crippen LogP contribution in [0.4, 0.5) is 0 Å². The predicted octanol–water partition coefficient (Wildman–Crippen LogP) is 3.27. The van der Waals surface area contributed by atoms with Crippen molar-refractivity contribution >= 4 is 23.0 Å². The number of aromatic nitrogens is 2. The summed E-state index contributed by atoms with van der Waals surface area (Å²) in [6, 6.07) is 11.5. The number of carbonyl (C=O) groups excluding carboxylic acids is 1. The fourth-order valence-corrected chi connectivity index (χ4v) is 3.90. The number of carbonyl (C=O) groups is 1. The van der Waals surface area contributed by atoms with Crippen LogP contribution in [0.2, 0.25) is 0 Å². The predicted molar refractivity (Wildman–Crippen MR) is 106 cm³/mol. The molecule has 0 unspecified atom stereocenters. The van der Waals surface area contributed by atoms with E-state index in [4.69, 9.17) is 9.83 Å². The Morgan fingerprint density at radius 3 is 2.75 bits per heavy atom. The quantitative estimate of drug-likeness (QED) is 0.719. The van der Waals surface area contributed by atoms with Crippen LogP contribution in [0, 0.1) is 12.3 Å². The van der Waals surface area contributed by atoms with Crippen molar-refractivity contribution in [3.8, 4) is 0 Å². The number of nitrogens with one attached hydrogen (secondary N) is 1. The van der Waals surface area contributed by atoms with Crippen LogP contribution in [0.15, 0.2) is 52.2 Å². The fraction of sp³-hybridized carbons (Fsp3) is 0.300. The molecule has 1 aliphatic rings. The highest BCUT2D eigenvalue weighted by atomic mass is 32.1. The molecule has 1 N–H and O–H groups in total. The van der Waals surface area contributed by atoms with E-state index in [1.165, 1.54) is 26.6 Å². The number of aryl methyl sites for hydroxylation is 2. The number of hydrogen-bond acceptors (Lipinski definition) is 6. The van der Waals surface area contributed by atoms with Crippen LogP contribution in [0.3, 0.4) is 0 Å². The summed E-state index contributed by atoms with van der Waals surface area (Å²) in [5.74, 6) is 0.484. The molecular formula is C20H21N5O2S. The second kappa shape index (κ2) is 7.55. The zero-order valence-electron chi connectivity index (χ0n) is 15.8. The van der Waals surface area contributed by atoms with Gasteiger partial charge < -0.3 is 4.42 Å². The first kappa shape index (κ1) is 18.4. The van der Waals surface area contributed by atoms with E-state index < -0.39 is 0 Å². The standard InChI is InChI=1S/C20H21N5O2S/c1-3-18-23-24(20(21)28-18)12-19(26)25-16(17-5-4-10-27-17)11-15(22-25)14-8-6-13(2)7-9-14/h4-10,16,21H,3,11-12H2,1-2H3/t16-/m1/s1. The van der Waals surface area contributed by atoms with Crippen molar-refractivity contribution in [3.05, 3.63) is 69.4 Å². The Labute approximate surface area is 166 Å². The van der Waals surface area contributed by atoms with Crippen molar-refractivity contribution in [1.29, 1.82) is 5.41 Å². The van der Waals surface area contributed by atoms with E-state index in [0.29, 0.717) is 12.2 Å². The van der Waals surface area contributed by atoms with Gasteiger partial charge in [-0.15, -0.1) is 0 Å². The monoisotopic (exact) mass is 395 g/mol. The number of amides is 1. The summed E-state index contributed by atoms with van der Waals surface area (Å²) in [6.45, 7) is 4.00. The first-order chi connectivity index (χ1) is 13.5. The van der Waals surface area contributed by atoms with E-state index in [0.717, 1.165) is 22.7 Å². The highest BCUT2D eigenvalue weighted by Gasteiger charge is 2.35. The number of nitrogens with zero attached hydrogens (tertiary/aromatic N) is 4. The van der Waals surface area contributed by atoms with E-state index in [2.05, 4.69) is 10.2 Å². The summed E-state index contributed by atoms with van der Waals surface area (Å²) in [5, 5.41) is 19.3. The lowest BCUT2D eigenvalue weighted by atomic mass is 10.0. The van der Waals surface area contributed by atoms with Gasteiger partial charge in [0.1, 0.15) is 23.4 Å². The molecule has 0 aliphatic carbocycles. The van der Waals surface area contributed by atoms with Gasteiger partial charge in [0.05, 0.1) is 12.0 Å². The molecule has 7 nitrogen and oxygen atoms in total. The highest BCUT2D eigenvalue weighted by Crippen LogP contribution is 2.33. The van der Waals surface area contributed by atoms with E-state index in [1.807, 2.05) is 50.2 Å². The fourth-order valence-electron chi connectivity index (χ4n) is 3.18. The van der Waals surface area contributed by atoms with E-state index in [9.17, 15) is 4.79 Å². The van der Waals surface area contributed by atoms with Gasteiger partial charge in [0, 0.05) is 6.42 Å². The Morgan fingerprint density at radius 1 is 1.32 bits per heavy atom. The SMILES string of the molecule is CCc1nn(CC(=O)N2N=C(c3ccc(C)cc3)C[C@@H]2c2ccco2)c(=N)s1. The molecule has 0 bridgehead atoms. The van der Waals surface area contributed by atoms with Crippen LogP contribution in [-0.2, 0) is 17.8 Å². The minimum atomic E-state index is -0.294. The summed E-state index contributed by atoms with van der Waals surface area (Å²) in [6.07, 6.45) is 2.93. The average Bonchev–Trinajstić information content (AvgIpc) is 3.42. The molecule has 2 aromatic heterocycles. The summed E-state index contributed by atoms with van der Waals surface area (Å²) in [4.78, 5) is 13.3. The van der Waals surface area contributed by atoms with Crippen LogP contribution < -0.4 is 4.80 Å². The zero-order valence-corrected chi connectivity index (χ0v) is 16.6. The second-order valence-corrected chi connectivity index (χ2v) is 7.76. The molecule has 3 heterocycles. The lowest BCUT2D eigenvalue weighted by molar-refractivity contribution is -0.134. The molecule has 0 radical (unpaired) electrons. The summed E-state index contributed by atoms with van der Waals surface area (Å²) >= 11 is 1.29. The van der Waals surface area contributed by atoms with Gasteiger partial charge in [-0.1, -0.05) is 48.1 Å². The number of hydrazone groups is 1. The molecule has 1 amide bonds. The lowest BCUT2D eigenvalue weighted by Crippen LogP contribution is -2.33. The van der Waals surface area contributed by atoms with Gasteiger partial charge in [-0.05, 0) is 31.0 Å². The molecule has 1 aliphatic heterocycles. The van der Waals surface area contributed by atoms with Gasteiger partial charge in [0.15, 0.2) is 0 Å². The second-order valence-electron chi connectivity index (χ2n) is 6.70. The van der Waals surface area contributed by atoms with Gasteiger partial charge in [-0.2, -0.15) is 10.2 Å². The Bertz CT molecular complexity index is 1060. The molecule has 0 saturated heterocycles. The van der Waals surface area contributed by atoms with Crippen molar-refractivity contribution in [1.82, 2.24) is 14.8 Å².